The number of carboxylic acids is 1. The number of ether oxygens (including phenoxy) is 1. The lowest BCUT2D eigenvalue weighted by Crippen LogP contribution is -2.19. The minimum atomic E-state index is -1.01. The van der Waals surface area contributed by atoms with Crippen LogP contribution in [0.5, 0.6) is 0 Å². The fraction of sp³-hybridized carbons (Fsp3) is 0.571. The molecule has 1 aromatic rings. The number of rotatable bonds is 4. The van der Waals surface area contributed by atoms with Crippen LogP contribution >= 0.6 is 0 Å². The summed E-state index contributed by atoms with van der Waals surface area (Å²) in [7, 11) is 0. The maximum Gasteiger partial charge on any atom is 0.332 e. The first-order valence-corrected chi connectivity index (χ1v) is 3.73. The van der Waals surface area contributed by atoms with Gasteiger partial charge in [-0.05, 0) is 13.8 Å². The molecule has 6 nitrogen and oxygen atoms in total. The number of nitrogens with zero attached hydrogens (tertiary/aromatic N) is 2. The van der Waals surface area contributed by atoms with E-state index in [1.807, 2.05) is 0 Å². The van der Waals surface area contributed by atoms with E-state index >= 15 is 0 Å². The smallest absolute Gasteiger partial charge is 0.332 e. The predicted molar refractivity (Wildman–Crippen MR) is 40.9 cm³/mol. The topological polar surface area (TPSA) is 85.5 Å². The van der Waals surface area contributed by atoms with Crippen molar-refractivity contribution >= 4 is 5.97 Å². The van der Waals surface area contributed by atoms with Gasteiger partial charge < -0.3 is 9.84 Å². The number of aryl methyl sites for hydroxylation is 1. The minimum absolute atomic E-state index is 0.100. The van der Waals surface area contributed by atoms with Crippen molar-refractivity contribution in [1.82, 2.24) is 10.3 Å². The standard InChI is InChI=1S/C7H10N2O4/c1-4-6(9-13-8-4)3-12-5(2)7(10)11/h5H,3H2,1-2H3,(H,10,11). The Morgan fingerprint density at radius 2 is 2.38 bits per heavy atom. The van der Waals surface area contributed by atoms with Crippen molar-refractivity contribution in [2.24, 2.45) is 0 Å². The summed E-state index contributed by atoms with van der Waals surface area (Å²) in [5, 5.41) is 15.6. The first-order chi connectivity index (χ1) is 6.11. The molecule has 0 saturated carbocycles. The summed E-state index contributed by atoms with van der Waals surface area (Å²) in [6, 6.07) is 0. The second-order valence-corrected chi connectivity index (χ2v) is 2.59. The molecule has 0 bridgehead atoms. The molecule has 1 atom stereocenters. The van der Waals surface area contributed by atoms with Crippen LogP contribution in [0.1, 0.15) is 18.3 Å². The van der Waals surface area contributed by atoms with Gasteiger partial charge in [0.1, 0.15) is 11.4 Å². The number of carboxylic acid groups (broad SMARTS) is 1. The highest BCUT2D eigenvalue weighted by Gasteiger charge is 2.13. The van der Waals surface area contributed by atoms with Crippen LogP contribution in [0.4, 0.5) is 0 Å². The maximum atomic E-state index is 10.4. The molecule has 0 radical (unpaired) electrons. The molecule has 0 aliphatic rings. The SMILES string of the molecule is Cc1nonc1COC(C)C(=O)O. The van der Waals surface area contributed by atoms with E-state index in [4.69, 9.17) is 9.84 Å². The van der Waals surface area contributed by atoms with Gasteiger partial charge in [-0.15, -0.1) is 0 Å². The molecule has 72 valence electrons. The lowest BCUT2D eigenvalue weighted by Gasteiger charge is -2.05. The number of carbonyl (C=O) groups is 1. The van der Waals surface area contributed by atoms with Crippen LogP contribution in [0.3, 0.4) is 0 Å². The van der Waals surface area contributed by atoms with Crippen LogP contribution in [-0.2, 0) is 16.1 Å². The molecule has 6 heteroatoms. The molecule has 1 aromatic heterocycles. The van der Waals surface area contributed by atoms with E-state index in [9.17, 15) is 4.79 Å². The summed E-state index contributed by atoms with van der Waals surface area (Å²) < 4.78 is 9.38. The Balaban J connectivity index is 2.44. The van der Waals surface area contributed by atoms with E-state index in [1.54, 1.807) is 6.92 Å². The molecule has 1 heterocycles. The molecular weight excluding hydrogens is 176 g/mol. The monoisotopic (exact) mass is 186 g/mol. The van der Waals surface area contributed by atoms with Gasteiger partial charge in [-0.3, -0.25) is 0 Å². The van der Waals surface area contributed by atoms with Crippen LogP contribution in [-0.4, -0.2) is 27.5 Å². The zero-order chi connectivity index (χ0) is 9.84. The van der Waals surface area contributed by atoms with Gasteiger partial charge in [0.2, 0.25) is 0 Å². The zero-order valence-electron chi connectivity index (χ0n) is 7.35. The summed E-state index contributed by atoms with van der Waals surface area (Å²) in [6.45, 7) is 3.26. The van der Waals surface area contributed by atoms with E-state index < -0.39 is 12.1 Å². The molecule has 0 aliphatic carbocycles. The molecule has 1 N–H and O–H groups in total. The summed E-state index contributed by atoms with van der Waals surface area (Å²) in [4.78, 5) is 10.4. The third kappa shape index (κ3) is 2.51. The summed E-state index contributed by atoms with van der Waals surface area (Å²) >= 11 is 0. The Kier molecular flexibility index (Phi) is 2.97. The number of aromatic nitrogens is 2. The fourth-order valence-corrected chi connectivity index (χ4v) is 0.656. The Bertz CT molecular complexity index is 296. The number of hydrogen-bond donors (Lipinski definition) is 1. The lowest BCUT2D eigenvalue weighted by atomic mass is 10.3. The molecule has 0 saturated heterocycles. The summed E-state index contributed by atoms with van der Waals surface area (Å²) in [5.74, 6) is -1.01. The van der Waals surface area contributed by atoms with Crippen LogP contribution in [0.15, 0.2) is 4.63 Å². The molecule has 1 rings (SSSR count). The average molecular weight is 186 g/mol. The highest BCUT2D eigenvalue weighted by atomic mass is 16.6. The lowest BCUT2D eigenvalue weighted by molar-refractivity contribution is -0.150. The molecule has 0 aliphatic heterocycles. The number of hydrogen-bond acceptors (Lipinski definition) is 5. The van der Waals surface area contributed by atoms with Gasteiger partial charge >= 0.3 is 5.97 Å². The van der Waals surface area contributed by atoms with E-state index in [2.05, 4.69) is 14.9 Å². The van der Waals surface area contributed by atoms with Crippen LogP contribution in [0.2, 0.25) is 0 Å². The summed E-state index contributed by atoms with van der Waals surface area (Å²) in [6.07, 6.45) is -0.851. The van der Waals surface area contributed by atoms with Gasteiger partial charge in [0, 0.05) is 0 Å². The molecule has 1 unspecified atom stereocenters. The second-order valence-electron chi connectivity index (χ2n) is 2.59. The summed E-state index contributed by atoms with van der Waals surface area (Å²) in [5.41, 5.74) is 1.13. The minimum Gasteiger partial charge on any atom is -0.479 e. The first kappa shape index (κ1) is 9.66. The van der Waals surface area contributed by atoms with Gasteiger partial charge in [-0.1, -0.05) is 10.3 Å². The van der Waals surface area contributed by atoms with Crippen LogP contribution < -0.4 is 0 Å². The van der Waals surface area contributed by atoms with E-state index in [1.165, 1.54) is 6.92 Å². The van der Waals surface area contributed by atoms with Crippen molar-refractivity contribution in [2.45, 2.75) is 26.6 Å². The zero-order valence-corrected chi connectivity index (χ0v) is 7.35. The van der Waals surface area contributed by atoms with Gasteiger partial charge in [0.25, 0.3) is 0 Å². The highest BCUT2D eigenvalue weighted by molar-refractivity contribution is 5.71. The van der Waals surface area contributed by atoms with Crippen LogP contribution in [0.25, 0.3) is 0 Å². The fourth-order valence-electron chi connectivity index (χ4n) is 0.656. The first-order valence-electron chi connectivity index (χ1n) is 3.73. The van der Waals surface area contributed by atoms with E-state index in [0.717, 1.165) is 0 Å². The van der Waals surface area contributed by atoms with Crippen molar-refractivity contribution < 1.29 is 19.3 Å². The Labute approximate surface area is 74.5 Å². The van der Waals surface area contributed by atoms with Gasteiger partial charge in [-0.25, -0.2) is 9.42 Å². The Hall–Kier alpha value is -1.43. The third-order valence-electron chi connectivity index (χ3n) is 1.56. The van der Waals surface area contributed by atoms with Gasteiger partial charge in [-0.2, -0.15) is 0 Å². The Morgan fingerprint density at radius 1 is 1.69 bits per heavy atom. The van der Waals surface area contributed by atoms with Crippen molar-refractivity contribution in [2.75, 3.05) is 0 Å². The highest BCUT2D eigenvalue weighted by Crippen LogP contribution is 2.04. The van der Waals surface area contributed by atoms with Crippen LogP contribution in [0, 0.1) is 6.92 Å². The van der Waals surface area contributed by atoms with E-state index in [-0.39, 0.29) is 6.61 Å². The van der Waals surface area contributed by atoms with E-state index in [0.29, 0.717) is 11.4 Å². The predicted octanol–water partition coefficient (Wildman–Crippen LogP) is 0.368. The number of aliphatic carboxylic acids is 1. The molecule has 0 fully saturated rings. The van der Waals surface area contributed by atoms with Crippen molar-refractivity contribution in [3.05, 3.63) is 11.4 Å². The van der Waals surface area contributed by atoms with Gasteiger partial charge in [0.15, 0.2) is 6.10 Å². The maximum absolute atomic E-state index is 10.4. The largest absolute Gasteiger partial charge is 0.479 e. The van der Waals surface area contributed by atoms with Crippen molar-refractivity contribution in [3.8, 4) is 0 Å². The Morgan fingerprint density at radius 3 is 2.85 bits per heavy atom. The van der Waals surface area contributed by atoms with Gasteiger partial charge in [0.05, 0.1) is 6.61 Å². The molecule has 0 amide bonds. The average Bonchev–Trinajstić information content (AvgIpc) is 2.47. The molecular formula is C7H10N2O4. The molecule has 0 aromatic carbocycles. The van der Waals surface area contributed by atoms with Crippen molar-refractivity contribution in [1.29, 1.82) is 0 Å². The second kappa shape index (κ2) is 3.99. The quantitative estimate of drug-likeness (QED) is 0.731. The van der Waals surface area contributed by atoms with Crippen molar-refractivity contribution in [3.63, 3.8) is 0 Å². The molecule has 0 spiro atoms. The normalized spacial score (nSPS) is 12.8. The molecule has 13 heavy (non-hydrogen) atoms. The third-order valence-corrected chi connectivity index (χ3v) is 1.56.